The number of rotatable bonds is 1. The molecule has 5 heteroatoms. The predicted molar refractivity (Wildman–Crippen MR) is 72.6 cm³/mol. The van der Waals surface area contributed by atoms with E-state index in [9.17, 15) is 0 Å². The van der Waals surface area contributed by atoms with Gasteiger partial charge in [0.1, 0.15) is 6.61 Å². The summed E-state index contributed by atoms with van der Waals surface area (Å²) < 4.78 is 11.7. The summed E-state index contributed by atoms with van der Waals surface area (Å²) in [7, 11) is 0. The van der Waals surface area contributed by atoms with Gasteiger partial charge < -0.3 is 14.8 Å². The second kappa shape index (κ2) is 4.45. The molecule has 1 atom stereocenters. The molecule has 0 spiro atoms. The Morgan fingerprint density at radius 2 is 2.00 bits per heavy atom. The molecule has 0 bridgehead atoms. The molecule has 2 aromatic rings. The highest BCUT2D eigenvalue weighted by Crippen LogP contribution is 2.35. The highest BCUT2D eigenvalue weighted by Gasteiger charge is 2.27. The number of nitrogens with one attached hydrogen (secondary N) is 1. The lowest BCUT2D eigenvalue weighted by Crippen LogP contribution is -2.24. The third-order valence-electron chi connectivity index (χ3n) is 3.71. The van der Waals surface area contributed by atoms with Gasteiger partial charge in [-0.25, -0.2) is 9.97 Å². The molecule has 3 heterocycles. The van der Waals surface area contributed by atoms with Crippen molar-refractivity contribution < 1.29 is 9.47 Å². The molecular weight excluding hydrogens is 254 g/mol. The van der Waals surface area contributed by atoms with Crippen LogP contribution in [0.4, 0.5) is 0 Å². The smallest absolute Gasteiger partial charge is 0.192 e. The van der Waals surface area contributed by atoms with Crippen molar-refractivity contribution in [3.8, 4) is 11.5 Å². The third-order valence-corrected chi connectivity index (χ3v) is 3.71. The maximum atomic E-state index is 5.96. The molecule has 1 aromatic heterocycles. The van der Waals surface area contributed by atoms with Gasteiger partial charge in [-0.1, -0.05) is 12.1 Å². The van der Waals surface area contributed by atoms with E-state index in [-0.39, 0.29) is 6.10 Å². The second-order valence-electron chi connectivity index (χ2n) is 5.06. The Hall–Kier alpha value is -2.14. The fourth-order valence-electron chi connectivity index (χ4n) is 2.65. The number of ether oxygens (including phenoxy) is 2. The first-order valence-electron chi connectivity index (χ1n) is 6.77. The van der Waals surface area contributed by atoms with Gasteiger partial charge in [-0.2, -0.15) is 0 Å². The molecule has 0 fully saturated rings. The summed E-state index contributed by atoms with van der Waals surface area (Å²) in [6.07, 6.45) is -0.241. The minimum Gasteiger partial charge on any atom is -0.485 e. The van der Waals surface area contributed by atoms with E-state index in [1.807, 2.05) is 31.2 Å². The summed E-state index contributed by atoms with van der Waals surface area (Å²) in [6, 6.07) is 7.68. The van der Waals surface area contributed by atoms with Gasteiger partial charge in [0.25, 0.3) is 0 Å². The average molecular weight is 269 g/mol. The van der Waals surface area contributed by atoms with Crippen molar-refractivity contribution in [2.45, 2.75) is 26.1 Å². The monoisotopic (exact) mass is 269 g/mol. The molecule has 0 amide bonds. The van der Waals surface area contributed by atoms with Gasteiger partial charge >= 0.3 is 0 Å². The SMILES string of the molecule is Cc1nc(C2COc3ccccc3O2)nc2c1CNC2. The maximum absolute atomic E-state index is 5.96. The van der Waals surface area contributed by atoms with Crippen molar-refractivity contribution in [1.82, 2.24) is 15.3 Å². The first-order chi connectivity index (χ1) is 9.81. The van der Waals surface area contributed by atoms with Crippen LogP contribution in [0.25, 0.3) is 0 Å². The molecule has 1 N–H and O–H groups in total. The van der Waals surface area contributed by atoms with Gasteiger partial charge in [0.05, 0.1) is 5.69 Å². The normalized spacial score (nSPS) is 19.8. The molecular formula is C15H15N3O2. The zero-order valence-corrected chi connectivity index (χ0v) is 11.2. The lowest BCUT2D eigenvalue weighted by Gasteiger charge is -2.25. The average Bonchev–Trinajstić information content (AvgIpc) is 2.96. The summed E-state index contributed by atoms with van der Waals surface area (Å²) in [5.41, 5.74) is 3.32. The lowest BCUT2D eigenvalue weighted by molar-refractivity contribution is 0.0847. The van der Waals surface area contributed by atoms with Gasteiger partial charge in [-0.05, 0) is 19.1 Å². The van der Waals surface area contributed by atoms with E-state index in [0.717, 1.165) is 36.0 Å². The molecule has 0 saturated heterocycles. The van der Waals surface area contributed by atoms with Crippen molar-refractivity contribution in [1.29, 1.82) is 0 Å². The van der Waals surface area contributed by atoms with Gasteiger partial charge in [-0.15, -0.1) is 0 Å². The van der Waals surface area contributed by atoms with Crippen LogP contribution in [0.15, 0.2) is 24.3 Å². The Kier molecular flexibility index (Phi) is 2.60. The van der Waals surface area contributed by atoms with Crippen molar-refractivity contribution in [3.63, 3.8) is 0 Å². The fraction of sp³-hybridized carbons (Fsp3) is 0.333. The van der Waals surface area contributed by atoms with Crippen LogP contribution in [0, 0.1) is 6.92 Å². The topological polar surface area (TPSA) is 56.3 Å². The van der Waals surface area contributed by atoms with Crippen molar-refractivity contribution >= 4 is 0 Å². The summed E-state index contributed by atoms with van der Waals surface area (Å²) in [5, 5.41) is 3.30. The molecule has 5 nitrogen and oxygen atoms in total. The summed E-state index contributed by atoms with van der Waals surface area (Å²) in [4.78, 5) is 9.22. The third kappa shape index (κ3) is 1.82. The number of hydrogen-bond donors (Lipinski definition) is 1. The largest absolute Gasteiger partial charge is 0.485 e. The van der Waals surface area contributed by atoms with Gasteiger partial charge in [0, 0.05) is 24.3 Å². The second-order valence-corrected chi connectivity index (χ2v) is 5.06. The summed E-state index contributed by atoms with van der Waals surface area (Å²) in [5.74, 6) is 2.24. The maximum Gasteiger partial charge on any atom is 0.192 e. The molecule has 4 rings (SSSR count). The van der Waals surface area contributed by atoms with Crippen LogP contribution in [-0.2, 0) is 13.1 Å². The molecule has 2 aliphatic heterocycles. The molecule has 0 aliphatic carbocycles. The Bertz CT molecular complexity index is 672. The minimum absolute atomic E-state index is 0.241. The minimum atomic E-state index is -0.241. The lowest BCUT2D eigenvalue weighted by atomic mass is 10.2. The van der Waals surface area contributed by atoms with Crippen LogP contribution in [-0.4, -0.2) is 16.6 Å². The molecule has 20 heavy (non-hydrogen) atoms. The number of para-hydroxylation sites is 2. The molecule has 0 radical (unpaired) electrons. The molecule has 2 aliphatic rings. The fourth-order valence-corrected chi connectivity index (χ4v) is 2.65. The Labute approximate surface area is 117 Å². The zero-order valence-electron chi connectivity index (χ0n) is 11.2. The van der Waals surface area contributed by atoms with Crippen molar-refractivity contribution in [2.24, 2.45) is 0 Å². The number of hydrogen-bond acceptors (Lipinski definition) is 5. The predicted octanol–water partition coefficient (Wildman–Crippen LogP) is 1.90. The molecule has 102 valence electrons. The molecule has 0 saturated carbocycles. The number of benzene rings is 1. The van der Waals surface area contributed by atoms with Crippen molar-refractivity contribution in [3.05, 3.63) is 47.0 Å². The van der Waals surface area contributed by atoms with E-state index in [1.54, 1.807) is 0 Å². The van der Waals surface area contributed by atoms with E-state index >= 15 is 0 Å². The molecule has 1 aromatic carbocycles. The number of aromatic nitrogens is 2. The van der Waals surface area contributed by atoms with Crippen LogP contribution in [0.5, 0.6) is 11.5 Å². The highest BCUT2D eigenvalue weighted by molar-refractivity contribution is 5.41. The quantitative estimate of drug-likeness (QED) is 0.857. The number of fused-ring (bicyclic) bond motifs is 2. The van der Waals surface area contributed by atoms with E-state index < -0.39 is 0 Å². The van der Waals surface area contributed by atoms with Crippen LogP contribution < -0.4 is 14.8 Å². The van der Waals surface area contributed by atoms with E-state index in [0.29, 0.717) is 12.4 Å². The van der Waals surface area contributed by atoms with E-state index in [2.05, 4.69) is 15.3 Å². The van der Waals surface area contributed by atoms with Crippen LogP contribution >= 0.6 is 0 Å². The van der Waals surface area contributed by atoms with E-state index in [1.165, 1.54) is 5.56 Å². The standard InChI is InChI=1S/C15H15N3O2/c1-9-10-6-16-7-11(10)18-15(17-9)14-8-19-12-4-2-3-5-13(12)20-14/h2-5,14,16H,6-8H2,1H3. The number of aryl methyl sites for hydroxylation is 1. The first kappa shape index (κ1) is 11.7. The van der Waals surface area contributed by atoms with Crippen LogP contribution in [0.2, 0.25) is 0 Å². The van der Waals surface area contributed by atoms with Crippen LogP contribution in [0.1, 0.15) is 28.9 Å². The Morgan fingerprint density at radius 1 is 1.15 bits per heavy atom. The van der Waals surface area contributed by atoms with Gasteiger partial charge in [-0.3, -0.25) is 0 Å². The zero-order chi connectivity index (χ0) is 13.5. The molecule has 1 unspecified atom stereocenters. The number of nitrogens with zero attached hydrogens (tertiary/aromatic N) is 2. The Morgan fingerprint density at radius 3 is 2.90 bits per heavy atom. The van der Waals surface area contributed by atoms with Crippen LogP contribution in [0.3, 0.4) is 0 Å². The van der Waals surface area contributed by atoms with Gasteiger partial charge in [0.15, 0.2) is 23.4 Å². The Balaban J connectivity index is 1.68. The highest BCUT2D eigenvalue weighted by atomic mass is 16.6. The summed E-state index contributed by atoms with van der Waals surface area (Å²) in [6.45, 7) is 4.12. The first-order valence-corrected chi connectivity index (χ1v) is 6.77. The van der Waals surface area contributed by atoms with Crippen molar-refractivity contribution in [2.75, 3.05) is 6.61 Å². The van der Waals surface area contributed by atoms with Gasteiger partial charge in [0.2, 0.25) is 0 Å². The summed E-state index contributed by atoms with van der Waals surface area (Å²) >= 11 is 0. The van der Waals surface area contributed by atoms with E-state index in [4.69, 9.17) is 9.47 Å².